The van der Waals surface area contributed by atoms with Crippen LogP contribution in [0.4, 0.5) is 0 Å². The van der Waals surface area contributed by atoms with Gasteiger partial charge in [-0.2, -0.15) is 0 Å². The lowest BCUT2D eigenvalue weighted by atomic mass is 10.2. The molecule has 0 saturated carbocycles. The van der Waals surface area contributed by atoms with Gasteiger partial charge in [-0.05, 0) is 39.7 Å². The summed E-state index contributed by atoms with van der Waals surface area (Å²) in [6.45, 7) is 0. The summed E-state index contributed by atoms with van der Waals surface area (Å²) >= 11 is 3.45. The Morgan fingerprint density at radius 3 is 2.44 bits per heavy atom. The number of methoxy groups -OCH3 is 1. The van der Waals surface area contributed by atoms with E-state index in [2.05, 4.69) is 20.9 Å². The molecule has 0 aliphatic rings. The van der Waals surface area contributed by atoms with Gasteiger partial charge < -0.3 is 9.30 Å². The van der Waals surface area contributed by atoms with Crippen molar-refractivity contribution < 1.29 is 4.74 Å². The van der Waals surface area contributed by atoms with Gasteiger partial charge in [0.1, 0.15) is 11.6 Å². The highest BCUT2D eigenvalue weighted by molar-refractivity contribution is 9.10. The molecule has 0 fully saturated rings. The lowest BCUT2D eigenvalue weighted by Crippen LogP contribution is -2.37. The average molecular weight is 405 g/mol. The van der Waals surface area contributed by atoms with Crippen LogP contribution >= 0.6 is 15.9 Å². The molecule has 0 radical (unpaired) electrons. The quantitative estimate of drug-likeness (QED) is 0.668. The summed E-state index contributed by atoms with van der Waals surface area (Å²) < 4.78 is 10.2. The molecular formula is C17H17BrN4O3. The molecule has 7 nitrogen and oxygen atoms in total. The highest BCUT2D eigenvalue weighted by atomic mass is 79.9. The Kier molecular flexibility index (Phi) is 4.38. The third kappa shape index (κ3) is 2.82. The van der Waals surface area contributed by atoms with E-state index in [0.29, 0.717) is 17.0 Å². The second kappa shape index (κ2) is 6.36. The first-order chi connectivity index (χ1) is 11.8. The minimum absolute atomic E-state index is 0.361. The van der Waals surface area contributed by atoms with Gasteiger partial charge in [0, 0.05) is 21.1 Å². The van der Waals surface area contributed by atoms with Gasteiger partial charge in [-0.25, -0.2) is 9.78 Å². The number of ether oxygens (including phenoxy) is 1. The smallest absolute Gasteiger partial charge is 0.332 e. The van der Waals surface area contributed by atoms with E-state index in [1.165, 1.54) is 11.6 Å². The number of hydrogen-bond donors (Lipinski definition) is 0. The Labute approximate surface area is 151 Å². The predicted octanol–water partition coefficient (Wildman–Crippen LogP) is 1.91. The second-order valence-corrected chi connectivity index (χ2v) is 6.49. The van der Waals surface area contributed by atoms with E-state index in [4.69, 9.17) is 4.74 Å². The molecule has 3 rings (SSSR count). The van der Waals surface area contributed by atoms with Crippen LogP contribution in [0.15, 0.2) is 32.3 Å². The van der Waals surface area contributed by atoms with Crippen LogP contribution in [-0.2, 0) is 21.1 Å². The number of nitrogens with zero attached hydrogens (tertiary/aromatic N) is 4. The van der Waals surface area contributed by atoms with E-state index in [0.717, 1.165) is 20.4 Å². The Morgan fingerprint density at radius 1 is 1.08 bits per heavy atom. The molecule has 0 spiro atoms. The molecule has 0 aliphatic carbocycles. The molecule has 130 valence electrons. The van der Waals surface area contributed by atoms with Crippen molar-refractivity contribution in [1.29, 1.82) is 0 Å². The third-order valence-electron chi connectivity index (χ3n) is 4.11. The van der Waals surface area contributed by atoms with Crippen molar-refractivity contribution in [3.8, 4) is 5.75 Å². The average Bonchev–Trinajstić information content (AvgIpc) is 2.93. The molecule has 0 amide bonds. The minimum Gasteiger partial charge on any atom is -0.496 e. The maximum absolute atomic E-state index is 12.4. The van der Waals surface area contributed by atoms with Crippen molar-refractivity contribution >= 4 is 39.2 Å². The van der Waals surface area contributed by atoms with Crippen LogP contribution in [0.1, 0.15) is 11.4 Å². The van der Waals surface area contributed by atoms with Crippen LogP contribution in [-0.4, -0.2) is 25.8 Å². The van der Waals surface area contributed by atoms with E-state index in [-0.39, 0.29) is 5.56 Å². The molecule has 3 aromatic rings. The minimum atomic E-state index is -0.398. The van der Waals surface area contributed by atoms with E-state index in [1.807, 2.05) is 24.3 Å². The molecule has 0 N–H and O–H groups in total. The zero-order valence-electron chi connectivity index (χ0n) is 14.3. The Balaban J connectivity index is 2.11. The maximum atomic E-state index is 12.4. The lowest BCUT2D eigenvalue weighted by Gasteiger charge is -2.03. The van der Waals surface area contributed by atoms with Crippen molar-refractivity contribution in [3.05, 3.63) is 54.9 Å². The normalized spacial score (nSPS) is 11.6. The fraction of sp³-hybridized carbons (Fsp3) is 0.235. The van der Waals surface area contributed by atoms with Crippen LogP contribution in [0.2, 0.25) is 0 Å². The molecule has 0 atom stereocenters. The topological polar surface area (TPSA) is 71.1 Å². The Morgan fingerprint density at radius 2 is 1.80 bits per heavy atom. The molecular weight excluding hydrogens is 388 g/mol. The third-order valence-corrected chi connectivity index (χ3v) is 4.73. The molecule has 25 heavy (non-hydrogen) atoms. The van der Waals surface area contributed by atoms with Gasteiger partial charge in [0.05, 0.1) is 11.6 Å². The zero-order chi connectivity index (χ0) is 18.3. The number of aromatic nitrogens is 4. The summed E-state index contributed by atoms with van der Waals surface area (Å²) in [5, 5.41) is 0. The molecule has 0 bridgehead atoms. The number of benzene rings is 1. The monoisotopic (exact) mass is 404 g/mol. The van der Waals surface area contributed by atoms with Gasteiger partial charge in [-0.15, -0.1) is 0 Å². The van der Waals surface area contributed by atoms with Gasteiger partial charge in [0.15, 0.2) is 11.2 Å². The standard InChI is InChI=1S/C17H17BrN4O3/c1-20-13(8-6-10-5-7-12(25-4)11(18)9-10)19-15-14(20)16(23)22(3)17(24)21(15)2/h5-9H,1-4H3/b8-6+. The Hall–Kier alpha value is -2.61. The fourth-order valence-corrected chi connectivity index (χ4v) is 3.20. The molecule has 2 aromatic heterocycles. The molecule has 0 unspecified atom stereocenters. The lowest BCUT2D eigenvalue weighted by molar-refractivity contribution is 0.412. The van der Waals surface area contributed by atoms with E-state index >= 15 is 0 Å². The number of hydrogen-bond acceptors (Lipinski definition) is 4. The number of aryl methyl sites for hydroxylation is 2. The van der Waals surface area contributed by atoms with Crippen LogP contribution in [0.25, 0.3) is 23.3 Å². The molecule has 0 aliphatic heterocycles. The molecule has 2 heterocycles. The van der Waals surface area contributed by atoms with Crippen LogP contribution in [0.3, 0.4) is 0 Å². The summed E-state index contributed by atoms with van der Waals surface area (Å²) in [6.07, 6.45) is 3.69. The Bertz CT molecular complexity index is 1120. The number of halogens is 1. The summed E-state index contributed by atoms with van der Waals surface area (Å²) in [6, 6.07) is 5.70. The summed E-state index contributed by atoms with van der Waals surface area (Å²) in [5.41, 5.74) is 0.943. The zero-order valence-corrected chi connectivity index (χ0v) is 15.9. The molecule has 1 aromatic carbocycles. The predicted molar refractivity (Wildman–Crippen MR) is 101 cm³/mol. The number of rotatable bonds is 3. The molecule has 8 heteroatoms. The fourth-order valence-electron chi connectivity index (χ4n) is 2.64. The van der Waals surface area contributed by atoms with E-state index in [9.17, 15) is 9.59 Å². The van der Waals surface area contributed by atoms with Gasteiger partial charge >= 0.3 is 5.69 Å². The van der Waals surface area contributed by atoms with Crippen molar-refractivity contribution in [1.82, 2.24) is 18.7 Å². The first-order valence-electron chi connectivity index (χ1n) is 7.49. The van der Waals surface area contributed by atoms with Crippen molar-refractivity contribution in [2.45, 2.75) is 0 Å². The van der Waals surface area contributed by atoms with Gasteiger partial charge in [-0.1, -0.05) is 12.1 Å². The highest BCUT2D eigenvalue weighted by Crippen LogP contribution is 2.26. The maximum Gasteiger partial charge on any atom is 0.332 e. The summed E-state index contributed by atoms with van der Waals surface area (Å²) in [4.78, 5) is 28.8. The largest absolute Gasteiger partial charge is 0.496 e. The first kappa shape index (κ1) is 17.2. The van der Waals surface area contributed by atoms with Crippen LogP contribution < -0.4 is 16.0 Å². The van der Waals surface area contributed by atoms with Crippen molar-refractivity contribution in [2.24, 2.45) is 21.1 Å². The van der Waals surface area contributed by atoms with E-state index < -0.39 is 5.69 Å². The van der Waals surface area contributed by atoms with Gasteiger partial charge in [0.2, 0.25) is 0 Å². The first-order valence-corrected chi connectivity index (χ1v) is 8.28. The van der Waals surface area contributed by atoms with Crippen LogP contribution in [0.5, 0.6) is 5.75 Å². The van der Waals surface area contributed by atoms with Gasteiger partial charge in [-0.3, -0.25) is 13.9 Å². The van der Waals surface area contributed by atoms with E-state index in [1.54, 1.807) is 31.8 Å². The van der Waals surface area contributed by atoms with Crippen molar-refractivity contribution in [3.63, 3.8) is 0 Å². The second-order valence-electron chi connectivity index (χ2n) is 5.63. The SMILES string of the molecule is COc1ccc(/C=C/c2nc3c(c(=O)n(C)c(=O)n3C)n2C)cc1Br. The summed E-state index contributed by atoms with van der Waals surface area (Å²) in [7, 11) is 6.43. The van der Waals surface area contributed by atoms with Gasteiger partial charge in [0.25, 0.3) is 5.56 Å². The highest BCUT2D eigenvalue weighted by Gasteiger charge is 2.15. The number of imidazole rings is 1. The molecule has 0 saturated heterocycles. The van der Waals surface area contributed by atoms with Crippen molar-refractivity contribution in [2.75, 3.05) is 7.11 Å². The number of fused-ring (bicyclic) bond motifs is 1. The summed E-state index contributed by atoms with van der Waals surface area (Å²) in [5.74, 6) is 1.33. The van der Waals surface area contributed by atoms with Crippen LogP contribution in [0, 0.1) is 0 Å².